The third-order valence-corrected chi connectivity index (χ3v) is 4.00. The van der Waals surface area contributed by atoms with E-state index < -0.39 is 4.92 Å². The minimum Gasteiger partial charge on any atom is -0.493 e. The summed E-state index contributed by atoms with van der Waals surface area (Å²) in [5.41, 5.74) is 0.621. The van der Waals surface area contributed by atoms with E-state index in [1.807, 2.05) is 0 Å². The van der Waals surface area contributed by atoms with Gasteiger partial charge < -0.3 is 9.47 Å². The fraction of sp³-hybridized carbons (Fsp3) is 0.0476. The van der Waals surface area contributed by atoms with Crippen LogP contribution in [0.2, 0.25) is 0 Å². The zero-order chi connectivity index (χ0) is 20.1. The summed E-state index contributed by atoms with van der Waals surface area (Å²) in [5.74, 6) is 0.0802. The number of rotatable bonds is 7. The summed E-state index contributed by atoms with van der Waals surface area (Å²) in [7, 11) is 1.40. The van der Waals surface area contributed by atoms with Crippen LogP contribution in [0, 0.1) is 10.1 Å². The zero-order valence-electron chi connectivity index (χ0n) is 14.8. The first-order valence-corrected chi connectivity index (χ1v) is 8.22. The molecule has 0 unspecified atom stereocenters. The maximum atomic E-state index is 12.5. The number of aldehydes is 1. The number of ether oxygens (including phenoxy) is 2. The lowest BCUT2D eigenvalue weighted by Gasteiger charge is -2.11. The van der Waals surface area contributed by atoms with Crippen LogP contribution in [0.1, 0.15) is 26.3 Å². The molecule has 28 heavy (non-hydrogen) atoms. The van der Waals surface area contributed by atoms with Crippen LogP contribution in [0.4, 0.5) is 5.69 Å². The van der Waals surface area contributed by atoms with Crippen molar-refractivity contribution in [3.8, 4) is 17.2 Å². The molecule has 3 rings (SSSR count). The summed E-state index contributed by atoms with van der Waals surface area (Å²) in [6.07, 6.45) is 0.652. The number of carbonyl (C=O) groups excluding carboxylic acids is 2. The number of nitrogens with zero attached hydrogens (tertiary/aromatic N) is 1. The minimum absolute atomic E-state index is 0.0493. The summed E-state index contributed by atoms with van der Waals surface area (Å²) in [4.78, 5) is 34.3. The Bertz CT molecular complexity index is 1050. The molecule has 7 nitrogen and oxygen atoms in total. The molecule has 0 fully saturated rings. The van der Waals surface area contributed by atoms with Gasteiger partial charge in [-0.3, -0.25) is 19.7 Å². The molecule has 0 radical (unpaired) electrons. The van der Waals surface area contributed by atoms with E-state index in [4.69, 9.17) is 9.47 Å². The molecule has 0 amide bonds. The molecule has 0 aliphatic rings. The first kappa shape index (κ1) is 18.8. The number of ketones is 1. The van der Waals surface area contributed by atoms with Gasteiger partial charge in [0.1, 0.15) is 6.29 Å². The van der Waals surface area contributed by atoms with Crippen molar-refractivity contribution < 1.29 is 24.0 Å². The Kier molecular flexibility index (Phi) is 5.45. The second kappa shape index (κ2) is 8.13. The molecule has 0 aliphatic carbocycles. The molecule has 7 heteroatoms. The van der Waals surface area contributed by atoms with Gasteiger partial charge in [-0.25, -0.2) is 0 Å². The number of hydrogen-bond acceptors (Lipinski definition) is 6. The van der Waals surface area contributed by atoms with Crippen LogP contribution in [0.3, 0.4) is 0 Å². The van der Waals surface area contributed by atoms with Crippen LogP contribution < -0.4 is 9.47 Å². The maximum Gasteiger partial charge on any atom is 0.312 e. The van der Waals surface area contributed by atoms with Crippen molar-refractivity contribution in [3.05, 3.63) is 93.5 Å². The van der Waals surface area contributed by atoms with Crippen molar-refractivity contribution >= 4 is 17.8 Å². The number of nitro benzene ring substituents is 1. The van der Waals surface area contributed by atoms with E-state index in [-0.39, 0.29) is 34.3 Å². The summed E-state index contributed by atoms with van der Waals surface area (Å²) < 4.78 is 10.8. The molecule has 0 heterocycles. The Labute approximate surface area is 160 Å². The molecule has 140 valence electrons. The van der Waals surface area contributed by atoms with E-state index in [1.165, 1.54) is 43.5 Å². The van der Waals surface area contributed by atoms with Gasteiger partial charge in [-0.1, -0.05) is 30.3 Å². The molecule has 0 atom stereocenters. The van der Waals surface area contributed by atoms with Gasteiger partial charge >= 0.3 is 5.69 Å². The fourth-order valence-corrected chi connectivity index (χ4v) is 2.60. The summed E-state index contributed by atoms with van der Waals surface area (Å²) in [6.45, 7) is 0. The van der Waals surface area contributed by atoms with Gasteiger partial charge in [0, 0.05) is 22.8 Å². The van der Waals surface area contributed by atoms with E-state index in [9.17, 15) is 19.7 Å². The molecule has 3 aromatic rings. The standard InChI is InChI=1S/C21H15NO6/c1-27-20-11-14(13-23)7-9-19(20)28-18-10-8-16(12-17(18)22(25)26)21(24)15-5-3-2-4-6-15/h2-13H,1H3. The van der Waals surface area contributed by atoms with Crippen molar-refractivity contribution in [2.24, 2.45) is 0 Å². The van der Waals surface area contributed by atoms with Crippen LogP contribution in [0.25, 0.3) is 0 Å². The molecular weight excluding hydrogens is 362 g/mol. The van der Waals surface area contributed by atoms with Crippen molar-refractivity contribution in [3.63, 3.8) is 0 Å². The van der Waals surface area contributed by atoms with Crippen molar-refractivity contribution in [1.82, 2.24) is 0 Å². The SMILES string of the molecule is COc1cc(C=O)ccc1Oc1ccc(C(=O)c2ccccc2)cc1[N+](=O)[O-]. The lowest BCUT2D eigenvalue weighted by molar-refractivity contribution is -0.385. The maximum absolute atomic E-state index is 12.5. The summed E-state index contributed by atoms with van der Waals surface area (Å²) >= 11 is 0. The molecule has 0 aromatic heterocycles. The molecule has 0 N–H and O–H groups in total. The Balaban J connectivity index is 1.98. The van der Waals surface area contributed by atoms with Gasteiger partial charge in [0.25, 0.3) is 0 Å². The number of methoxy groups -OCH3 is 1. The van der Waals surface area contributed by atoms with Crippen molar-refractivity contribution in [1.29, 1.82) is 0 Å². The Morgan fingerprint density at radius 1 is 0.929 bits per heavy atom. The molecule has 0 aliphatic heterocycles. The van der Waals surface area contributed by atoms with Gasteiger partial charge in [-0.05, 0) is 30.3 Å². The average Bonchev–Trinajstić information content (AvgIpc) is 2.74. The molecule has 0 spiro atoms. The van der Waals surface area contributed by atoms with Crippen molar-refractivity contribution in [2.45, 2.75) is 0 Å². The second-order valence-electron chi connectivity index (χ2n) is 5.76. The summed E-state index contributed by atoms with van der Waals surface area (Å²) in [6, 6.07) is 16.9. The molecule has 3 aromatic carbocycles. The largest absolute Gasteiger partial charge is 0.493 e. The highest BCUT2D eigenvalue weighted by Crippen LogP contribution is 2.37. The normalized spacial score (nSPS) is 10.2. The van der Waals surface area contributed by atoms with Crippen molar-refractivity contribution in [2.75, 3.05) is 7.11 Å². The van der Waals surface area contributed by atoms with E-state index in [0.717, 1.165) is 0 Å². The Hall–Kier alpha value is -4.00. The Morgan fingerprint density at radius 3 is 2.29 bits per heavy atom. The first-order chi connectivity index (χ1) is 13.5. The molecule has 0 saturated carbocycles. The topological polar surface area (TPSA) is 95.7 Å². The second-order valence-corrected chi connectivity index (χ2v) is 5.76. The third kappa shape index (κ3) is 3.88. The van der Waals surface area contributed by atoms with Crippen LogP contribution in [-0.4, -0.2) is 24.1 Å². The number of nitro groups is 1. The lowest BCUT2D eigenvalue weighted by Crippen LogP contribution is -2.03. The minimum atomic E-state index is -0.622. The van der Waals surface area contributed by atoms with Gasteiger partial charge in [-0.15, -0.1) is 0 Å². The van der Waals surface area contributed by atoms with Crippen LogP contribution >= 0.6 is 0 Å². The summed E-state index contributed by atoms with van der Waals surface area (Å²) in [5, 5.41) is 11.5. The molecule has 0 saturated heterocycles. The number of benzene rings is 3. The zero-order valence-corrected chi connectivity index (χ0v) is 14.8. The Morgan fingerprint density at radius 2 is 1.64 bits per heavy atom. The van der Waals surface area contributed by atoms with Crippen LogP contribution in [0.15, 0.2) is 66.7 Å². The third-order valence-electron chi connectivity index (χ3n) is 4.00. The predicted octanol–water partition coefficient (Wildman–Crippen LogP) is 4.44. The van der Waals surface area contributed by atoms with Gasteiger partial charge in [0.2, 0.25) is 5.75 Å². The monoisotopic (exact) mass is 377 g/mol. The smallest absolute Gasteiger partial charge is 0.312 e. The van der Waals surface area contributed by atoms with Crippen LogP contribution in [0.5, 0.6) is 17.2 Å². The van der Waals surface area contributed by atoms with Crippen LogP contribution in [-0.2, 0) is 0 Å². The highest BCUT2D eigenvalue weighted by molar-refractivity contribution is 6.09. The molecular formula is C21H15NO6. The van der Waals surface area contributed by atoms with E-state index in [0.29, 0.717) is 17.4 Å². The van der Waals surface area contributed by atoms with E-state index >= 15 is 0 Å². The quantitative estimate of drug-likeness (QED) is 0.261. The average molecular weight is 377 g/mol. The van der Waals surface area contributed by atoms with Gasteiger partial charge in [0.15, 0.2) is 17.3 Å². The molecule has 0 bridgehead atoms. The predicted molar refractivity (Wildman–Crippen MR) is 101 cm³/mol. The van der Waals surface area contributed by atoms with Gasteiger partial charge in [-0.2, -0.15) is 0 Å². The highest BCUT2D eigenvalue weighted by atomic mass is 16.6. The van der Waals surface area contributed by atoms with Gasteiger partial charge in [0.05, 0.1) is 12.0 Å². The highest BCUT2D eigenvalue weighted by Gasteiger charge is 2.21. The van der Waals surface area contributed by atoms with E-state index in [1.54, 1.807) is 30.3 Å². The lowest BCUT2D eigenvalue weighted by atomic mass is 10.0. The number of carbonyl (C=O) groups is 2. The number of hydrogen-bond donors (Lipinski definition) is 0. The van der Waals surface area contributed by atoms with E-state index in [2.05, 4.69) is 0 Å². The fourth-order valence-electron chi connectivity index (χ4n) is 2.60. The first-order valence-electron chi connectivity index (χ1n) is 8.22.